The molecule has 2 aromatic rings. The van der Waals surface area contributed by atoms with E-state index >= 15 is 0 Å². The molecule has 31 heavy (non-hydrogen) atoms. The van der Waals surface area contributed by atoms with E-state index in [9.17, 15) is 4.79 Å². The second kappa shape index (κ2) is 9.08. The van der Waals surface area contributed by atoms with Crippen LogP contribution in [0, 0.1) is 0 Å². The van der Waals surface area contributed by atoms with Crippen LogP contribution >= 0.6 is 0 Å². The third kappa shape index (κ3) is 4.16. The Balaban J connectivity index is 1.59. The molecular weight excluding hydrogens is 396 g/mol. The maximum atomic E-state index is 13.4. The van der Waals surface area contributed by atoms with Gasteiger partial charge in [-0.15, -0.1) is 0 Å². The van der Waals surface area contributed by atoms with Gasteiger partial charge in [-0.25, -0.2) is 4.79 Å². The van der Waals surface area contributed by atoms with Crippen LogP contribution in [-0.4, -0.2) is 48.1 Å². The zero-order valence-corrected chi connectivity index (χ0v) is 18.9. The van der Waals surface area contributed by atoms with E-state index in [1.54, 1.807) is 33.5 Å². The lowest BCUT2D eigenvalue weighted by molar-refractivity contribution is 0.183. The smallest absolute Gasteiger partial charge is 0.322 e. The molecule has 8 heteroatoms. The van der Waals surface area contributed by atoms with E-state index in [1.165, 1.54) is 11.3 Å². The van der Waals surface area contributed by atoms with E-state index in [0.29, 0.717) is 29.5 Å². The first kappa shape index (κ1) is 21.3. The number of methoxy groups -OCH3 is 3. The summed E-state index contributed by atoms with van der Waals surface area (Å²) in [7, 11) is 6.69. The van der Waals surface area contributed by atoms with Crippen molar-refractivity contribution in [3.63, 3.8) is 0 Å². The Bertz CT molecular complexity index is 924. The summed E-state index contributed by atoms with van der Waals surface area (Å²) in [6, 6.07) is 3.61. The van der Waals surface area contributed by atoms with Gasteiger partial charge in [-0.05, 0) is 37.7 Å². The number of benzene rings is 1. The Morgan fingerprint density at radius 3 is 2.39 bits per heavy atom. The summed E-state index contributed by atoms with van der Waals surface area (Å²) in [6.45, 7) is 0.532. The Hall–Kier alpha value is -2.90. The van der Waals surface area contributed by atoms with Crippen LogP contribution in [0.25, 0.3) is 0 Å². The van der Waals surface area contributed by atoms with E-state index in [2.05, 4.69) is 5.32 Å². The number of ether oxygens (including phenoxy) is 3. The molecule has 0 atom stereocenters. The SMILES string of the molecule is COc1cc(NC(=O)N(Cc2nn(C)c3c2CCC3)C2CCCC2)cc(OC)c1OC. The number of aromatic nitrogens is 2. The van der Waals surface area contributed by atoms with Gasteiger partial charge in [0.05, 0.1) is 39.3 Å². The normalized spacial score (nSPS) is 15.6. The van der Waals surface area contributed by atoms with Crippen molar-refractivity contribution in [1.82, 2.24) is 14.7 Å². The highest BCUT2D eigenvalue weighted by molar-refractivity contribution is 5.90. The van der Waals surface area contributed by atoms with Crippen molar-refractivity contribution in [3.8, 4) is 17.2 Å². The molecule has 2 amide bonds. The van der Waals surface area contributed by atoms with Gasteiger partial charge in [0, 0.05) is 30.9 Å². The quantitative estimate of drug-likeness (QED) is 0.723. The summed E-state index contributed by atoms with van der Waals surface area (Å²) >= 11 is 0. The number of anilines is 1. The molecule has 1 N–H and O–H groups in total. The van der Waals surface area contributed by atoms with Crippen LogP contribution in [0.4, 0.5) is 10.5 Å². The number of hydrogen-bond acceptors (Lipinski definition) is 5. The topological polar surface area (TPSA) is 77.9 Å². The number of carbonyl (C=O) groups excluding carboxylic acids is 1. The molecule has 0 aliphatic heterocycles. The predicted octanol–water partition coefficient (Wildman–Crippen LogP) is 3.91. The number of carbonyl (C=O) groups is 1. The van der Waals surface area contributed by atoms with Crippen molar-refractivity contribution in [1.29, 1.82) is 0 Å². The average Bonchev–Trinajstić information content (AvgIpc) is 3.51. The van der Waals surface area contributed by atoms with Crippen LogP contribution in [0.15, 0.2) is 12.1 Å². The summed E-state index contributed by atoms with van der Waals surface area (Å²) in [4.78, 5) is 15.4. The summed E-state index contributed by atoms with van der Waals surface area (Å²) in [5.74, 6) is 1.51. The Labute approximate surface area is 183 Å². The highest BCUT2D eigenvalue weighted by Crippen LogP contribution is 2.40. The van der Waals surface area contributed by atoms with Gasteiger partial charge in [0.1, 0.15) is 0 Å². The zero-order chi connectivity index (χ0) is 22.0. The van der Waals surface area contributed by atoms with Gasteiger partial charge in [-0.3, -0.25) is 4.68 Å². The Morgan fingerprint density at radius 1 is 1.10 bits per heavy atom. The maximum Gasteiger partial charge on any atom is 0.322 e. The van der Waals surface area contributed by atoms with E-state index in [-0.39, 0.29) is 12.1 Å². The van der Waals surface area contributed by atoms with Gasteiger partial charge < -0.3 is 24.4 Å². The highest BCUT2D eigenvalue weighted by atomic mass is 16.5. The molecule has 2 aliphatic carbocycles. The van der Waals surface area contributed by atoms with Gasteiger partial charge in [0.25, 0.3) is 0 Å². The summed E-state index contributed by atoms with van der Waals surface area (Å²) in [5.41, 5.74) is 4.27. The number of rotatable bonds is 7. The third-order valence-corrected chi connectivity index (χ3v) is 6.46. The largest absolute Gasteiger partial charge is 0.493 e. The molecule has 0 bridgehead atoms. The van der Waals surface area contributed by atoms with Crippen molar-refractivity contribution < 1.29 is 19.0 Å². The first-order chi connectivity index (χ1) is 15.0. The van der Waals surface area contributed by atoms with Crippen molar-refractivity contribution in [2.45, 2.75) is 57.5 Å². The fraction of sp³-hybridized carbons (Fsp3) is 0.565. The standard InChI is InChI=1S/C23H32N4O4/c1-26-19-11-7-10-17(19)18(25-26)14-27(16-8-5-6-9-16)23(28)24-15-12-20(29-2)22(31-4)21(13-15)30-3/h12-13,16H,5-11,14H2,1-4H3,(H,24,28). The Morgan fingerprint density at radius 2 is 1.77 bits per heavy atom. The van der Waals surface area contributed by atoms with Crippen molar-refractivity contribution in [2.75, 3.05) is 26.6 Å². The number of nitrogens with zero attached hydrogens (tertiary/aromatic N) is 3. The number of amides is 2. The molecule has 8 nitrogen and oxygen atoms in total. The van der Waals surface area contributed by atoms with Gasteiger partial charge >= 0.3 is 6.03 Å². The second-order valence-electron chi connectivity index (χ2n) is 8.26. The molecule has 1 aromatic carbocycles. The number of hydrogen-bond donors (Lipinski definition) is 1. The van der Waals surface area contributed by atoms with E-state index in [0.717, 1.165) is 50.6 Å². The van der Waals surface area contributed by atoms with Crippen LogP contribution in [0.3, 0.4) is 0 Å². The summed E-state index contributed by atoms with van der Waals surface area (Å²) in [5, 5.41) is 7.80. The molecule has 168 valence electrons. The first-order valence-electron chi connectivity index (χ1n) is 11.0. The lowest BCUT2D eigenvalue weighted by atomic mass is 10.1. The lowest BCUT2D eigenvalue weighted by Gasteiger charge is -2.29. The molecule has 4 rings (SSSR count). The van der Waals surface area contributed by atoms with Crippen LogP contribution < -0.4 is 19.5 Å². The molecule has 2 aliphatic rings. The fourth-order valence-corrected chi connectivity index (χ4v) is 4.92. The molecule has 0 unspecified atom stereocenters. The molecule has 0 saturated heterocycles. The maximum absolute atomic E-state index is 13.4. The van der Waals surface area contributed by atoms with E-state index in [1.807, 2.05) is 16.6 Å². The lowest BCUT2D eigenvalue weighted by Crippen LogP contribution is -2.41. The minimum absolute atomic E-state index is 0.126. The van der Waals surface area contributed by atoms with Crippen LogP contribution in [0.5, 0.6) is 17.2 Å². The second-order valence-corrected chi connectivity index (χ2v) is 8.26. The van der Waals surface area contributed by atoms with Crippen LogP contribution in [0.1, 0.15) is 49.1 Å². The van der Waals surface area contributed by atoms with Crippen LogP contribution in [0.2, 0.25) is 0 Å². The van der Waals surface area contributed by atoms with Crippen molar-refractivity contribution in [2.24, 2.45) is 7.05 Å². The Kier molecular flexibility index (Phi) is 6.25. The van der Waals surface area contributed by atoms with Gasteiger partial charge in [-0.1, -0.05) is 12.8 Å². The average molecular weight is 429 g/mol. The van der Waals surface area contributed by atoms with E-state index < -0.39 is 0 Å². The minimum atomic E-state index is -0.126. The highest BCUT2D eigenvalue weighted by Gasteiger charge is 2.30. The fourth-order valence-electron chi connectivity index (χ4n) is 4.92. The first-order valence-corrected chi connectivity index (χ1v) is 11.0. The number of aryl methyl sites for hydroxylation is 1. The monoisotopic (exact) mass is 428 g/mol. The molecule has 0 spiro atoms. The number of nitrogens with one attached hydrogen (secondary N) is 1. The van der Waals surface area contributed by atoms with Crippen molar-refractivity contribution in [3.05, 3.63) is 29.1 Å². The number of urea groups is 1. The predicted molar refractivity (Wildman–Crippen MR) is 118 cm³/mol. The zero-order valence-electron chi connectivity index (χ0n) is 18.9. The van der Waals surface area contributed by atoms with Gasteiger partial charge in [0.2, 0.25) is 5.75 Å². The van der Waals surface area contributed by atoms with Crippen LogP contribution in [-0.2, 0) is 26.4 Å². The molecule has 1 saturated carbocycles. The van der Waals surface area contributed by atoms with Crippen molar-refractivity contribution >= 4 is 11.7 Å². The molecule has 1 heterocycles. The van der Waals surface area contributed by atoms with Gasteiger partial charge in [-0.2, -0.15) is 5.10 Å². The molecule has 0 radical (unpaired) electrons. The number of fused-ring (bicyclic) bond motifs is 1. The molecular formula is C23H32N4O4. The third-order valence-electron chi connectivity index (χ3n) is 6.46. The molecule has 1 aromatic heterocycles. The van der Waals surface area contributed by atoms with Gasteiger partial charge in [0.15, 0.2) is 11.5 Å². The minimum Gasteiger partial charge on any atom is -0.493 e. The molecule has 1 fully saturated rings. The summed E-state index contributed by atoms with van der Waals surface area (Å²) < 4.78 is 18.2. The van der Waals surface area contributed by atoms with E-state index in [4.69, 9.17) is 19.3 Å². The summed E-state index contributed by atoms with van der Waals surface area (Å²) in [6.07, 6.45) is 7.63.